The number of halogens is 1. The number of aliphatic hydroxyl groups is 1. The molecule has 3 heteroatoms. The van der Waals surface area contributed by atoms with Crippen molar-refractivity contribution >= 4 is 11.3 Å². The molecule has 1 saturated carbocycles. The first-order chi connectivity index (χ1) is 6.13. The molecule has 3 atom stereocenters. The summed E-state index contributed by atoms with van der Waals surface area (Å²) in [5.74, 6) is 0. The molecule has 0 aromatic carbocycles. The molecular formula is C10H13FOS. The highest BCUT2D eigenvalue weighted by atomic mass is 32.1. The van der Waals surface area contributed by atoms with Crippen LogP contribution in [0.5, 0.6) is 0 Å². The summed E-state index contributed by atoms with van der Waals surface area (Å²) in [7, 11) is 0. The van der Waals surface area contributed by atoms with E-state index in [1.54, 1.807) is 11.3 Å². The van der Waals surface area contributed by atoms with E-state index in [1.807, 2.05) is 24.4 Å². The maximum atomic E-state index is 12.9. The van der Waals surface area contributed by atoms with Crippen LogP contribution in [0.1, 0.15) is 18.2 Å². The molecule has 1 aliphatic carbocycles. The van der Waals surface area contributed by atoms with E-state index in [9.17, 15) is 9.50 Å². The summed E-state index contributed by atoms with van der Waals surface area (Å²) in [6.45, 7) is 1.82. The Morgan fingerprint density at radius 1 is 1.85 bits per heavy atom. The number of thiophene rings is 1. The number of hydrogen-bond donors (Lipinski definition) is 1. The van der Waals surface area contributed by atoms with Gasteiger partial charge in [-0.2, -0.15) is 0 Å². The van der Waals surface area contributed by atoms with E-state index in [0.29, 0.717) is 12.8 Å². The minimum absolute atomic E-state index is 0.468. The van der Waals surface area contributed by atoms with Gasteiger partial charge in [0, 0.05) is 16.7 Å². The number of aliphatic hydroxyl groups excluding tert-OH is 1. The van der Waals surface area contributed by atoms with Crippen LogP contribution in [0.4, 0.5) is 4.39 Å². The summed E-state index contributed by atoms with van der Waals surface area (Å²) < 4.78 is 12.9. The monoisotopic (exact) mass is 200 g/mol. The third-order valence-electron chi connectivity index (χ3n) is 2.91. The van der Waals surface area contributed by atoms with E-state index >= 15 is 0 Å². The summed E-state index contributed by atoms with van der Waals surface area (Å²) in [5.41, 5.74) is -0.468. The summed E-state index contributed by atoms with van der Waals surface area (Å²) in [5, 5.41) is 11.7. The van der Waals surface area contributed by atoms with Crippen LogP contribution in [0.2, 0.25) is 0 Å². The van der Waals surface area contributed by atoms with E-state index in [-0.39, 0.29) is 0 Å². The lowest BCUT2D eigenvalue weighted by Crippen LogP contribution is -2.23. The zero-order valence-corrected chi connectivity index (χ0v) is 8.35. The largest absolute Gasteiger partial charge is 0.392 e. The molecule has 1 fully saturated rings. The van der Waals surface area contributed by atoms with Gasteiger partial charge in [-0.3, -0.25) is 0 Å². The van der Waals surface area contributed by atoms with E-state index in [4.69, 9.17) is 0 Å². The highest BCUT2D eigenvalue weighted by Gasteiger charge is 2.55. The maximum absolute atomic E-state index is 12.9. The highest BCUT2D eigenvalue weighted by molar-refractivity contribution is 7.09. The van der Waals surface area contributed by atoms with Gasteiger partial charge in [-0.25, -0.2) is 4.39 Å². The first-order valence-electron chi connectivity index (χ1n) is 4.47. The fourth-order valence-electron chi connectivity index (χ4n) is 1.52. The van der Waals surface area contributed by atoms with Crippen molar-refractivity contribution in [2.24, 2.45) is 5.41 Å². The molecule has 1 nitrogen and oxygen atoms in total. The zero-order chi connectivity index (χ0) is 9.47. The predicted octanol–water partition coefficient (Wildman–Crippen LogP) is 2.40. The normalized spacial score (nSPS) is 34.5. The van der Waals surface area contributed by atoms with Crippen LogP contribution in [0, 0.1) is 5.41 Å². The van der Waals surface area contributed by atoms with Crippen molar-refractivity contribution in [2.45, 2.75) is 32.0 Å². The Labute approximate surface area is 81.2 Å². The Bertz CT molecular complexity index is 285. The lowest BCUT2D eigenvalue weighted by atomic mass is 9.98. The van der Waals surface area contributed by atoms with Crippen LogP contribution in [0.15, 0.2) is 17.5 Å². The molecule has 0 saturated heterocycles. The Balaban J connectivity index is 1.96. The van der Waals surface area contributed by atoms with Crippen molar-refractivity contribution in [1.29, 1.82) is 0 Å². The Morgan fingerprint density at radius 2 is 2.54 bits per heavy atom. The van der Waals surface area contributed by atoms with E-state index < -0.39 is 17.7 Å². The molecule has 0 radical (unpaired) electrons. The third-order valence-corrected chi connectivity index (χ3v) is 3.81. The van der Waals surface area contributed by atoms with Crippen LogP contribution in [0.3, 0.4) is 0 Å². The molecule has 0 amide bonds. The first-order valence-corrected chi connectivity index (χ1v) is 5.35. The van der Waals surface area contributed by atoms with Crippen LogP contribution >= 0.6 is 11.3 Å². The number of hydrogen-bond acceptors (Lipinski definition) is 2. The second-order valence-electron chi connectivity index (χ2n) is 3.98. The Hall–Kier alpha value is -0.410. The summed E-state index contributed by atoms with van der Waals surface area (Å²) in [6, 6.07) is 3.93. The van der Waals surface area contributed by atoms with Crippen LogP contribution < -0.4 is 0 Å². The van der Waals surface area contributed by atoms with E-state index in [2.05, 4.69) is 0 Å². The van der Waals surface area contributed by atoms with Gasteiger partial charge < -0.3 is 5.11 Å². The fourth-order valence-corrected chi connectivity index (χ4v) is 2.27. The third kappa shape index (κ3) is 1.63. The molecule has 1 aromatic rings. The van der Waals surface area contributed by atoms with Crippen LogP contribution in [0.25, 0.3) is 0 Å². The second kappa shape index (κ2) is 3.07. The van der Waals surface area contributed by atoms with Gasteiger partial charge in [0.25, 0.3) is 0 Å². The molecule has 0 spiro atoms. The van der Waals surface area contributed by atoms with Gasteiger partial charge in [0.05, 0.1) is 6.10 Å². The van der Waals surface area contributed by atoms with Crippen LogP contribution in [-0.2, 0) is 6.42 Å². The Kier molecular flexibility index (Phi) is 2.16. The topological polar surface area (TPSA) is 20.2 Å². The van der Waals surface area contributed by atoms with E-state index in [1.165, 1.54) is 0 Å². The average Bonchev–Trinajstić information content (AvgIpc) is 2.53. The van der Waals surface area contributed by atoms with Crippen LogP contribution in [-0.4, -0.2) is 17.4 Å². The molecule has 2 rings (SSSR count). The van der Waals surface area contributed by atoms with Gasteiger partial charge >= 0.3 is 0 Å². The average molecular weight is 200 g/mol. The predicted molar refractivity (Wildman–Crippen MR) is 51.6 cm³/mol. The van der Waals surface area contributed by atoms with Crippen molar-refractivity contribution in [1.82, 2.24) is 0 Å². The summed E-state index contributed by atoms with van der Waals surface area (Å²) in [6.07, 6.45) is -0.225. The quantitative estimate of drug-likeness (QED) is 0.794. The molecule has 3 unspecified atom stereocenters. The van der Waals surface area contributed by atoms with Crippen molar-refractivity contribution in [2.75, 3.05) is 0 Å². The molecule has 72 valence electrons. The van der Waals surface area contributed by atoms with Gasteiger partial charge in [0.15, 0.2) is 0 Å². The summed E-state index contributed by atoms with van der Waals surface area (Å²) >= 11 is 1.61. The first kappa shape index (κ1) is 9.16. The van der Waals surface area contributed by atoms with Crippen molar-refractivity contribution in [3.8, 4) is 0 Å². The lowest BCUT2D eigenvalue weighted by Gasteiger charge is -2.16. The highest BCUT2D eigenvalue weighted by Crippen LogP contribution is 2.51. The van der Waals surface area contributed by atoms with Gasteiger partial charge in [0.1, 0.15) is 6.17 Å². The van der Waals surface area contributed by atoms with E-state index in [0.717, 1.165) is 4.88 Å². The van der Waals surface area contributed by atoms with Crippen molar-refractivity contribution < 1.29 is 9.50 Å². The van der Waals surface area contributed by atoms with Gasteiger partial charge in [0.2, 0.25) is 0 Å². The van der Waals surface area contributed by atoms with Gasteiger partial charge in [-0.15, -0.1) is 11.3 Å². The van der Waals surface area contributed by atoms with Crippen molar-refractivity contribution in [3.05, 3.63) is 22.4 Å². The minimum Gasteiger partial charge on any atom is -0.392 e. The fraction of sp³-hybridized carbons (Fsp3) is 0.600. The Morgan fingerprint density at radius 3 is 3.00 bits per heavy atom. The maximum Gasteiger partial charge on any atom is 0.109 e. The molecule has 0 bridgehead atoms. The molecule has 1 heterocycles. The molecule has 13 heavy (non-hydrogen) atoms. The lowest BCUT2D eigenvalue weighted by molar-refractivity contribution is 0.0883. The zero-order valence-electron chi connectivity index (χ0n) is 7.53. The molecule has 1 aliphatic rings. The summed E-state index contributed by atoms with van der Waals surface area (Å²) in [4.78, 5) is 1.13. The van der Waals surface area contributed by atoms with Crippen molar-refractivity contribution in [3.63, 3.8) is 0 Å². The number of rotatable bonds is 3. The van der Waals surface area contributed by atoms with Gasteiger partial charge in [-0.05, 0) is 17.9 Å². The molecular weight excluding hydrogens is 187 g/mol. The number of alkyl halides is 1. The molecule has 0 aliphatic heterocycles. The minimum atomic E-state index is -0.803. The molecule has 1 aromatic heterocycles. The van der Waals surface area contributed by atoms with Gasteiger partial charge in [-0.1, -0.05) is 13.0 Å². The molecule has 1 N–H and O–H groups in total. The second-order valence-corrected chi connectivity index (χ2v) is 5.01. The standard InChI is InChI=1S/C10H13FOS/c1-10(6-8(10)11)9(12)5-7-3-2-4-13-7/h2-4,8-9,12H,5-6H2,1H3. The SMILES string of the molecule is CC1(C(O)Cc2cccs2)CC1F. The smallest absolute Gasteiger partial charge is 0.109 e.